The Kier molecular flexibility index (Phi) is 4.37. The molecule has 0 aliphatic heterocycles. The molecule has 0 bridgehead atoms. The number of aromatic nitrogens is 1. The van der Waals surface area contributed by atoms with Crippen molar-refractivity contribution in [2.24, 2.45) is 0 Å². The molecule has 1 aliphatic carbocycles. The monoisotopic (exact) mass is 234 g/mol. The minimum atomic E-state index is 0.313. The summed E-state index contributed by atoms with van der Waals surface area (Å²) in [6.45, 7) is 5.34. The molecule has 1 N–H and O–H groups in total. The van der Waals surface area contributed by atoms with E-state index in [1.807, 2.05) is 12.3 Å². The van der Waals surface area contributed by atoms with Gasteiger partial charge in [-0.3, -0.25) is 4.98 Å². The molecule has 1 aliphatic rings. The summed E-state index contributed by atoms with van der Waals surface area (Å²) in [5.74, 6) is 0.904. The molecule has 3 nitrogen and oxygen atoms in total. The first-order chi connectivity index (χ1) is 8.29. The lowest BCUT2D eigenvalue weighted by atomic mass is 9.96. The summed E-state index contributed by atoms with van der Waals surface area (Å²) in [6.07, 6.45) is 7.10. The predicted molar refractivity (Wildman–Crippen MR) is 69.2 cm³/mol. The van der Waals surface area contributed by atoms with Crippen molar-refractivity contribution in [1.29, 1.82) is 0 Å². The highest BCUT2D eigenvalue weighted by Gasteiger charge is 2.19. The molecular weight excluding hydrogens is 212 g/mol. The van der Waals surface area contributed by atoms with Gasteiger partial charge in [-0.2, -0.15) is 0 Å². The van der Waals surface area contributed by atoms with Gasteiger partial charge in [-0.15, -0.1) is 0 Å². The SMILES string of the molecule is CCCNC(C)c1ccc(OC2CCC2)cn1. The summed E-state index contributed by atoms with van der Waals surface area (Å²) in [5.41, 5.74) is 1.08. The van der Waals surface area contributed by atoms with Crippen LogP contribution in [0.4, 0.5) is 0 Å². The maximum Gasteiger partial charge on any atom is 0.138 e. The number of nitrogens with one attached hydrogen (secondary N) is 1. The van der Waals surface area contributed by atoms with Crippen LogP contribution in [0, 0.1) is 0 Å². The summed E-state index contributed by atoms with van der Waals surface area (Å²) in [7, 11) is 0. The van der Waals surface area contributed by atoms with Gasteiger partial charge in [0.1, 0.15) is 5.75 Å². The van der Waals surface area contributed by atoms with Gasteiger partial charge in [-0.1, -0.05) is 6.92 Å². The van der Waals surface area contributed by atoms with Crippen molar-refractivity contribution in [3.8, 4) is 5.75 Å². The minimum Gasteiger partial charge on any atom is -0.489 e. The zero-order valence-corrected chi connectivity index (χ0v) is 10.8. The van der Waals surface area contributed by atoms with Crippen LogP contribution in [-0.4, -0.2) is 17.6 Å². The lowest BCUT2D eigenvalue weighted by Crippen LogP contribution is -2.24. The van der Waals surface area contributed by atoms with Gasteiger partial charge >= 0.3 is 0 Å². The maximum absolute atomic E-state index is 5.78. The Bertz CT molecular complexity index is 333. The van der Waals surface area contributed by atoms with Crippen LogP contribution < -0.4 is 10.1 Å². The van der Waals surface area contributed by atoms with Crippen molar-refractivity contribution >= 4 is 0 Å². The molecule has 1 saturated carbocycles. The highest BCUT2D eigenvalue weighted by molar-refractivity contribution is 5.21. The molecule has 0 amide bonds. The standard InChI is InChI=1S/C14H22N2O/c1-3-9-15-11(2)14-8-7-13(10-16-14)17-12-5-4-6-12/h7-8,10-12,15H,3-6,9H2,1-2H3. The second-order valence-corrected chi connectivity index (χ2v) is 4.77. The van der Waals surface area contributed by atoms with Crippen molar-refractivity contribution in [3.63, 3.8) is 0 Å². The third-order valence-electron chi connectivity index (χ3n) is 3.26. The normalized spacial score (nSPS) is 17.5. The number of hydrogen-bond donors (Lipinski definition) is 1. The van der Waals surface area contributed by atoms with Crippen molar-refractivity contribution in [1.82, 2.24) is 10.3 Å². The van der Waals surface area contributed by atoms with E-state index in [2.05, 4.69) is 30.2 Å². The van der Waals surface area contributed by atoms with Gasteiger partial charge in [-0.05, 0) is 51.3 Å². The highest BCUT2D eigenvalue weighted by Crippen LogP contribution is 2.25. The van der Waals surface area contributed by atoms with Crippen LogP contribution in [0.25, 0.3) is 0 Å². The van der Waals surface area contributed by atoms with E-state index < -0.39 is 0 Å². The number of hydrogen-bond acceptors (Lipinski definition) is 3. The van der Waals surface area contributed by atoms with Crippen LogP contribution >= 0.6 is 0 Å². The summed E-state index contributed by atoms with van der Waals surface area (Å²) in [4.78, 5) is 4.46. The number of ether oxygens (including phenoxy) is 1. The Morgan fingerprint density at radius 1 is 1.47 bits per heavy atom. The molecular formula is C14H22N2O. The van der Waals surface area contributed by atoms with Gasteiger partial charge < -0.3 is 10.1 Å². The lowest BCUT2D eigenvalue weighted by molar-refractivity contribution is 0.120. The van der Waals surface area contributed by atoms with E-state index in [9.17, 15) is 0 Å². The Balaban J connectivity index is 1.87. The van der Waals surface area contributed by atoms with Crippen molar-refractivity contribution in [3.05, 3.63) is 24.0 Å². The van der Waals surface area contributed by atoms with Gasteiger partial charge in [0.2, 0.25) is 0 Å². The van der Waals surface area contributed by atoms with Gasteiger partial charge in [0, 0.05) is 6.04 Å². The Hall–Kier alpha value is -1.09. The van der Waals surface area contributed by atoms with Crippen LogP contribution in [0.1, 0.15) is 51.3 Å². The van der Waals surface area contributed by atoms with E-state index in [1.165, 1.54) is 19.3 Å². The Morgan fingerprint density at radius 3 is 2.82 bits per heavy atom. The summed E-state index contributed by atoms with van der Waals surface area (Å²) < 4.78 is 5.78. The molecule has 0 radical (unpaired) electrons. The zero-order chi connectivity index (χ0) is 12.1. The molecule has 0 saturated heterocycles. The molecule has 2 rings (SSSR count). The van der Waals surface area contributed by atoms with Gasteiger partial charge in [0.15, 0.2) is 0 Å². The van der Waals surface area contributed by atoms with E-state index in [1.54, 1.807) is 0 Å². The summed E-state index contributed by atoms with van der Waals surface area (Å²) in [5, 5.41) is 3.43. The lowest BCUT2D eigenvalue weighted by Gasteiger charge is -2.26. The zero-order valence-electron chi connectivity index (χ0n) is 10.8. The Labute approximate surface area is 104 Å². The van der Waals surface area contributed by atoms with Crippen LogP contribution in [0.15, 0.2) is 18.3 Å². The second-order valence-electron chi connectivity index (χ2n) is 4.77. The topological polar surface area (TPSA) is 34.1 Å². The number of pyridine rings is 1. The first kappa shape index (κ1) is 12.4. The first-order valence-corrected chi connectivity index (χ1v) is 6.65. The molecule has 1 unspecified atom stereocenters. The van der Waals surface area contributed by atoms with Crippen molar-refractivity contribution < 1.29 is 4.74 Å². The largest absolute Gasteiger partial charge is 0.489 e. The minimum absolute atomic E-state index is 0.313. The first-order valence-electron chi connectivity index (χ1n) is 6.65. The maximum atomic E-state index is 5.78. The molecule has 0 aromatic carbocycles. The average Bonchev–Trinajstić information content (AvgIpc) is 2.31. The molecule has 94 valence electrons. The summed E-state index contributed by atoms with van der Waals surface area (Å²) >= 11 is 0. The Morgan fingerprint density at radius 2 is 2.29 bits per heavy atom. The third kappa shape index (κ3) is 3.43. The van der Waals surface area contributed by atoms with Crippen LogP contribution in [0.5, 0.6) is 5.75 Å². The van der Waals surface area contributed by atoms with E-state index in [0.717, 1.165) is 24.4 Å². The fourth-order valence-corrected chi connectivity index (χ4v) is 1.86. The van der Waals surface area contributed by atoms with Crippen LogP contribution in [0.3, 0.4) is 0 Å². The number of rotatable bonds is 6. The molecule has 1 heterocycles. The molecule has 0 spiro atoms. The fraction of sp³-hybridized carbons (Fsp3) is 0.643. The highest BCUT2D eigenvalue weighted by atomic mass is 16.5. The van der Waals surface area contributed by atoms with Gasteiger partial charge in [-0.25, -0.2) is 0 Å². The van der Waals surface area contributed by atoms with E-state index in [0.29, 0.717) is 12.1 Å². The number of nitrogens with zero attached hydrogens (tertiary/aromatic N) is 1. The quantitative estimate of drug-likeness (QED) is 0.821. The third-order valence-corrected chi connectivity index (χ3v) is 3.26. The van der Waals surface area contributed by atoms with Gasteiger partial charge in [0.25, 0.3) is 0 Å². The molecule has 1 aromatic rings. The smallest absolute Gasteiger partial charge is 0.138 e. The molecule has 1 atom stereocenters. The van der Waals surface area contributed by atoms with Crippen LogP contribution in [0.2, 0.25) is 0 Å². The molecule has 3 heteroatoms. The molecule has 1 fully saturated rings. The van der Waals surface area contributed by atoms with Crippen molar-refractivity contribution in [2.75, 3.05) is 6.54 Å². The van der Waals surface area contributed by atoms with Gasteiger partial charge in [0.05, 0.1) is 18.0 Å². The van der Waals surface area contributed by atoms with Crippen molar-refractivity contribution in [2.45, 2.75) is 51.7 Å². The second kappa shape index (κ2) is 6.01. The van der Waals surface area contributed by atoms with E-state index in [-0.39, 0.29) is 0 Å². The van der Waals surface area contributed by atoms with Crippen LogP contribution in [-0.2, 0) is 0 Å². The predicted octanol–water partition coefficient (Wildman–Crippen LogP) is 3.07. The average molecular weight is 234 g/mol. The molecule has 17 heavy (non-hydrogen) atoms. The fourth-order valence-electron chi connectivity index (χ4n) is 1.86. The molecule has 1 aromatic heterocycles. The summed E-state index contributed by atoms with van der Waals surface area (Å²) in [6, 6.07) is 4.40. The van der Waals surface area contributed by atoms with E-state index in [4.69, 9.17) is 4.74 Å². The van der Waals surface area contributed by atoms with E-state index >= 15 is 0 Å².